The molecule has 2 unspecified atom stereocenters. The molecule has 1 aliphatic heterocycles. The second-order valence-electron chi connectivity index (χ2n) is 9.48. The van der Waals surface area contributed by atoms with E-state index >= 15 is 0 Å². The molecule has 1 aliphatic rings. The van der Waals surface area contributed by atoms with Crippen molar-refractivity contribution in [2.45, 2.75) is 38.7 Å². The summed E-state index contributed by atoms with van der Waals surface area (Å²) in [5, 5.41) is 26.8. The van der Waals surface area contributed by atoms with Gasteiger partial charge in [-0.15, -0.1) is 0 Å². The fourth-order valence-corrected chi connectivity index (χ4v) is 4.67. The summed E-state index contributed by atoms with van der Waals surface area (Å²) in [5.41, 5.74) is 2.46. The number of ether oxygens (including phenoxy) is 4. The van der Waals surface area contributed by atoms with Gasteiger partial charge < -0.3 is 34.7 Å². The number of nitriles is 1. The number of aliphatic hydroxyl groups excluding tert-OH is 1. The summed E-state index contributed by atoms with van der Waals surface area (Å²) in [6, 6.07) is 16.7. The number of dihydropyridines is 1. The molecule has 0 fully saturated rings. The summed E-state index contributed by atoms with van der Waals surface area (Å²) < 4.78 is 22.7. The maximum atomic E-state index is 12.9. The molecule has 220 valence electrons. The highest BCUT2D eigenvalue weighted by molar-refractivity contribution is 6.31. The predicted molar refractivity (Wildman–Crippen MR) is 157 cm³/mol. The quantitative estimate of drug-likeness (QED) is 0.194. The average Bonchev–Trinajstić information content (AvgIpc) is 2.98. The first kappa shape index (κ1) is 32.0. The van der Waals surface area contributed by atoms with E-state index in [2.05, 4.69) is 23.6 Å². The van der Waals surface area contributed by atoms with Crippen molar-refractivity contribution >= 4 is 17.6 Å². The molecule has 0 bridgehead atoms. The smallest absolute Gasteiger partial charge is 0.336 e. The molecule has 0 amide bonds. The fourth-order valence-electron chi connectivity index (χ4n) is 4.43. The van der Waals surface area contributed by atoms with Crippen LogP contribution in [-0.2, 0) is 14.3 Å². The van der Waals surface area contributed by atoms with Gasteiger partial charge in [0.15, 0.2) is 11.5 Å². The molecule has 2 atom stereocenters. The SMILES string of the molecule is CCCNCC(O)COc1ccccc1OCCCOCC1=C(C(=O)OC)C(c2ccccc2Cl)C(C#N)=C(C)N1. The van der Waals surface area contributed by atoms with Crippen molar-refractivity contribution in [2.75, 3.05) is 46.6 Å². The van der Waals surface area contributed by atoms with E-state index in [1.165, 1.54) is 7.11 Å². The first-order chi connectivity index (χ1) is 19.9. The first-order valence-corrected chi connectivity index (χ1v) is 14.0. The third kappa shape index (κ3) is 8.97. The second-order valence-corrected chi connectivity index (χ2v) is 9.89. The fraction of sp³-hybridized carbons (Fsp3) is 0.419. The maximum absolute atomic E-state index is 12.9. The number of methoxy groups -OCH3 is 1. The van der Waals surface area contributed by atoms with Crippen molar-refractivity contribution in [3.05, 3.63) is 81.7 Å². The van der Waals surface area contributed by atoms with Crippen molar-refractivity contribution in [3.63, 3.8) is 0 Å². The molecular formula is C31H38ClN3O6. The Morgan fingerprint density at radius 2 is 1.85 bits per heavy atom. The van der Waals surface area contributed by atoms with Gasteiger partial charge in [0, 0.05) is 23.7 Å². The second kappa shape index (κ2) is 16.7. The number of halogens is 1. The molecule has 0 saturated heterocycles. The van der Waals surface area contributed by atoms with Crippen LogP contribution >= 0.6 is 11.6 Å². The van der Waals surface area contributed by atoms with Crippen molar-refractivity contribution < 1.29 is 28.8 Å². The third-order valence-corrected chi connectivity index (χ3v) is 6.76. The summed E-state index contributed by atoms with van der Waals surface area (Å²) in [5.74, 6) is -0.101. The van der Waals surface area contributed by atoms with Crippen LogP contribution in [0, 0.1) is 11.3 Å². The third-order valence-electron chi connectivity index (χ3n) is 6.41. The van der Waals surface area contributed by atoms with E-state index < -0.39 is 18.0 Å². The molecule has 10 heteroatoms. The molecule has 2 aromatic rings. The maximum Gasteiger partial charge on any atom is 0.336 e. The molecule has 0 aromatic heterocycles. The van der Waals surface area contributed by atoms with Crippen LogP contribution in [0.4, 0.5) is 0 Å². The normalized spacial score (nSPS) is 15.7. The number of hydrogen-bond acceptors (Lipinski definition) is 9. The molecule has 0 aliphatic carbocycles. The molecule has 1 heterocycles. The molecule has 0 saturated carbocycles. The lowest BCUT2D eigenvalue weighted by Crippen LogP contribution is -2.31. The predicted octanol–water partition coefficient (Wildman–Crippen LogP) is 4.48. The zero-order chi connectivity index (χ0) is 29.6. The van der Waals surface area contributed by atoms with Crippen molar-refractivity contribution in [1.29, 1.82) is 5.26 Å². The molecular weight excluding hydrogens is 546 g/mol. The zero-order valence-electron chi connectivity index (χ0n) is 23.7. The average molecular weight is 584 g/mol. The van der Waals surface area contributed by atoms with Crippen molar-refractivity contribution in [2.24, 2.45) is 0 Å². The lowest BCUT2D eigenvalue weighted by atomic mass is 9.81. The number of carbonyl (C=O) groups is 1. The molecule has 3 N–H and O–H groups in total. The number of aliphatic hydroxyl groups is 1. The van der Waals surface area contributed by atoms with E-state index in [9.17, 15) is 15.2 Å². The van der Waals surface area contributed by atoms with E-state index in [4.69, 9.17) is 30.5 Å². The molecule has 0 radical (unpaired) electrons. The summed E-state index contributed by atoms with van der Waals surface area (Å²) in [7, 11) is 1.30. The molecule has 9 nitrogen and oxygen atoms in total. The number of nitrogens with one attached hydrogen (secondary N) is 2. The minimum atomic E-state index is -0.679. The topological polar surface area (TPSA) is 122 Å². The lowest BCUT2D eigenvalue weighted by molar-refractivity contribution is -0.136. The lowest BCUT2D eigenvalue weighted by Gasteiger charge is -2.30. The van der Waals surface area contributed by atoms with E-state index in [-0.39, 0.29) is 18.8 Å². The Bertz CT molecular complexity index is 1270. The Balaban J connectivity index is 1.59. The largest absolute Gasteiger partial charge is 0.490 e. The van der Waals surface area contributed by atoms with Crippen molar-refractivity contribution in [3.8, 4) is 17.6 Å². The minimum Gasteiger partial charge on any atom is -0.490 e. The number of hydrogen-bond donors (Lipinski definition) is 3. The monoisotopic (exact) mass is 583 g/mol. The molecule has 3 rings (SSSR count). The number of rotatable bonds is 16. The van der Waals surface area contributed by atoms with Crippen LogP contribution in [0.15, 0.2) is 71.1 Å². The summed E-state index contributed by atoms with van der Waals surface area (Å²) >= 11 is 6.48. The highest BCUT2D eigenvalue weighted by Crippen LogP contribution is 2.41. The van der Waals surface area contributed by atoms with E-state index in [0.717, 1.165) is 13.0 Å². The van der Waals surface area contributed by atoms with Gasteiger partial charge in [-0.2, -0.15) is 5.26 Å². The van der Waals surface area contributed by atoms with E-state index in [1.807, 2.05) is 24.3 Å². The highest BCUT2D eigenvalue weighted by Gasteiger charge is 2.36. The van der Waals surface area contributed by atoms with Crippen LogP contribution in [0.1, 0.15) is 38.2 Å². The van der Waals surface area contributed by atoms with Gasteiger partial charge in [-0.25, -0.2) is 4.79 Å². The van der Waals surface area contributed by atoms with Gasteiger partial charge in [0.2, 0.25) is 0 Å². The van der Waals surface area contributed by atoms with Gasteiger partial charge in [-0.05, 0) is 43.7 Å². The molecule has 41 heavy (non-hydrogen) atoms. The van der Waals surface area contributed by atoms with Gasteiger partial charge in [0.25, 0.3) is 0 Å². The summed E-state index contributed by atoms with van der Waals surface area (Å²) in [6.07, 6.45) is 0.947. The van der Waals surface area contributed by atoms with Crippen molar-refractivity contribution in [1.82, 2.24) is 10.6 Å². The van der Waals surface area contributed by atoms with Crippen LogP contribution in [0.3, 0.4) is 0 Å². The minimum absolute atomic E-state index is 0.102. The van der Waals surface area contributed by atoms with Gasteiger partial charge in [-0.1, -0.05) is 48.9 Å². The Morgan fingerprint density at radius 3 is 2.54 bits per heavy atom. The first-order valence-electron chi connectivity index (χ1n) is 13.7. The van der Waals surface area contributed by atoms with Crippen LogP contribution < -0.4 is 20.1 Å². The summed E-state index contributed by atoms with van der Waals surface area (Å²) in [4.78, 5) is 12.9. The molecule has 0 spiro atoms. The zero-order valence-corrected chi connectivity index (χ0v) is 24.5. The number of carbonyl (C=O) groups excluding carboxylic acids is 1. The van der Waals surface area contributed by atoms with Gasteiger partial charge >= 0.3 is 5.97 Å². The van der Waals surface area contributed by atoms with Gasteiger partial charge in [0.1, 0.15) is 12.7 Å². The number of allylic oxidation sites excluding steroid dienone is 2. The number of benzene rings is 2. The highest BCUT2D eigenvalue weighted by atomic mass is 35.5. The standard InChI is InChI=1S/C31H38ClN3O6/c1-4-14-34-18-22(36)19-41-28-13-8-7-12-27(28)40-16-9-15-39-20-26-30(31(37)38-3)29(24(17-33)21(2)35-26)23-10-5-6-11-25(23)32/h5-8,10-13,22,29,34-36H,4,9,14-16,18-20H2,1-3H3. The van der Waals surface area contributed by atoms with Crippen LogP contribution in [0.5, 0.6) is 11.5 Å². The number of esters is 1. The Kier molecular flexibility index (Phi) is 13.0. The van der Waals surface area contributed by atoms with E-state index in [0.29, 0.717) is 65.2 Å². The molecule has 2 aromatic carbocycles. The number of para-hydroxylation sites is 2. The van der Waals surface area contributed by atoms with Crippen LogP contribution in [-0.4, -0.2) is 63.8 Å². The Labute approximate surface area is 246 Å². The van der Waals surface area contributed by atoms with Gasteiger partial charge in [-0.3, -0.25) is 0 Å². The summed E-state index contributed by atoms with van der Waals surface area (Å²) in [6.45, 7) is 6.14. The Hall–Kier alpha value is -3.55. The van der Waals surface area contributed by atoms with Crippen LogP contribution in [0.2, 0.25) is 5.02 Å². The van der Waals surface area contributed by atoms with Gasteiger partial charge in [0.05, 0.1) is 55.8 Å². The number of nitrogens with zero attached hydrogens (tertiary/aromatic N) is 1. The van der Waals surface area contributed by atoms with E-state index in [1.54, 1.807) is 31.2 Å². The van der Waals surface area contributed by atoms with Crippen LogP contribution in [0.25, 0.3) is 0 Å². The Morgan fingerprint density at radius 1 is 1.15 bits per heavy atom.